The van der Waals surface area contributed by atoms with Crippen molar-refractivity contribution in [3.63, 3.8) is 0 Å². The van der Waals surface area contributed by atoms with Crippen LogP contribution in [0.2, 0.25) is 0 Å². The number of imidazole rings is 1. The van der Waals surface area contributed by atoms with Crippen LogP contribution in [0.25, 0.3) is 11.2 Å². The number of nitrogens with zero attached hydrogens (tertiary/aromatic N) is 4. The van der Waals surface area contributed by atoms with E-state index >= 15 is 0 Å². The molecule has 0 saturated carbocycles. The molecule has 0 aliphatic carbocycles. The third kappa shape index (κ3) is 4.09. The number of aromatic nitrogens is 4. The van der Waals surface area contributed by atoms with Gasteiger partial charge in [0.1, 0.15) is 18.9 Å². The zero-order valence-corrected chi connectivity index (χ0v) is 16.5. The zero-order valence-electron chi connectivity index (χ0n) is 16.5. The molecule has 2 saturated heterocycles. The maximum absolute atomic E-state index is 13.7. The molecule has 2 aliphatic rings. The van der Waals surface area contributed by atoms with Crippen LogP contribution in [0.15, 0.2) is 6.33 Å². The fourth-order valence-corrected chi connectivity index (χ4v) is 3.60. The van der Waals surface area contributed by atoms with Gasteiger partial charge in [-0.3, -0.25) is 9.36 Å². The lowest BCUT2D eigenvalue weighted by atomic mass is 9.98. The van der Waals surface area contributed by atoms with E-state index in [4.69, 9.17) is 31.1 Å². The zero-order chi connectivity index (χ0) is 22.0. The number of nitrogen functional groups attached to an aromatic ring is 1. The van der Waals surface area contributed by atoms with E-state index in [-0.39, 0.29) is 36.4 Å². The SMILES string of the molecule is C#C[C@@]12COC(=O)OCCCCCC(=O)O[C@H]1C[C@H](n1cnc3c(N)nc(F)nc31)O2. The molecule has 3 atom stereocenters. The van der Waals surface area contributed by atoms with E-state index in [1.807, 2.05) is 0 Å². The molecule has 4 heterocycles. The number of carbonyl (C=O) groups is 2. The highest BCUT2D eigenvalue weighted by Gasteiger charge is 2.52. The van der Waals surface area contributed by atoms with E-state index < -0.39 is 42.7 Å². The van der Waals surface area contributed by atoms with Crippen molar-refractivity contribution in [1.82, 2.24) is 19.5 Å². The van der Waals surface area contributed by atoms with Gasteiger partial charge in [0.15, 0.2) is 17.0 Å². The Morgan fingerprint density at radius 3 is 2.90 bits per heavy atom. The van der Waals surface area contributed by atoms with Crippen LogP contribution >= 0.6 is 0 Å². The molecule has 11 nitrogen and oxygen atoms in total. The van der Waals surface area contributed by atoms with Crippen LogP contribution in [0.3, 0.4) is 0 Å². The molecule has 0 spiro atoms. The van der Waals surface area contributed by atoms with Crippen molar-refractivity contribution in [3.8, 4) is 12.3 Å². The first-order valence-electron chi connectivity index (χ1n) is 9.72. The summed E-state index contributed by atoms with van der Waals surface area (Å²) >= 11 is 0. The van der Waals surface area contributed by atoms with E-state index in [1.54, 1.807) is 0 Å². The summed E-state index contributed by atoms with van der Waals surface area (Å²) in [5.74, 6) is 1.87. The van der Waals surface area contributed by atoms with Crippen molar-refractivity contribution in [2.24, 2.45) is 0 Å². The standard InChI is InChI=1S/C19H20FN5O6/c1-2-19-9-29-18(27)28-7-5-3-4-6-13(26)30-11(19)8-12(31-19)25-10-22-14-15(21)23-17(20)24-16(14)25/h1,10-12H,3-9H2,(H2,21,23,24)/t11-,12+,19+/m0/s1. The second kappa shape index (κ2) is 8.35. The molecule has 2 N–H and O–H groups in total. The molecule has 164 valence electrons. The Balaban J connectivity index is 1.66. The summed E-state index contributed by atoms with van der Waals surface area (Å²) in [6.45, 7) is -0.244. The van der Waals surface area contributed by atoms with Crippen molar-refractivity contribution < 1.29 is 32.9 Å². The van der Waals surface area contributed by atoms with E-state index in [0.717, 1.165) is 0 Å². The highest BCUT2D eigenvalue weighted by molar-refractivity contribution is 5.81. The number of nitrogens with two attached hydrogens (primary N) is 1. The molecular formula is C19H20FN5O6. The first-order valence-corrected chi connectivity index (χ1v) is 9.72. The van der Waals surface area contributed by atoms with Crippen LogP contribution in [-0.2, 0) is 23.7 Å². The molecule has 12 heteroatoms. The van der Waals surface area contributed by atoms with E-state index in [1.165, 1.54) is 10.9 Å². The molecular weight excluding hydrogens is 413 g/mol. The Morgan fingerprint density at radius 2 is 2.10 bits per heavy atom. The normalized spacial score (nSPS) is 27.6. The average molecular weight is 433 g/mol. The van der Waals surface area contributed by atoms with Crippen molar-refractivity contribution >= 4 is 29.1 Å². The summed E-state index contributed by atoms with van der Waals surface area (Å²) in [5, 5.41) is 0. The maximum atomic E-state index is 13.7. The van der Waals surface area contributed by atoms with Gasteiger partial charge in [0.2, 0.25) is 5.60 Å². The molecule has 0 radical (unpaired) electrons. The summed E-state index contributed by atoms with van der Waals surface area (Å²) in [5.41, 5.74) is 4.39. The molecule has 2 aromatic heterocycles. The number of anilines is 1. The van der Waals surface area contributed by atoms with Crippen molar-refractivity contribution in [1.29, 1.82) is 0 Å². The fourth-order valence-electron chi connectivity index (χ4n) is 3.60. The molecule has 2 aromatic rings. The smallest absolute Gasteiger partial charge is 0.458 e. The van der Waals surface area contributed by atoms with Gasteiger partial charge >= 0.3 is 18.2 Å². The number of hydrogen-bond donors (Lipinski definition) is 1. The van der Waals surface area contributed by atoms with E-state index in [9.17, 15) is 14.0 Å². The average Bonchev–Trinajstić information content (AvgIpc) is 3.30. The van der Waals surface area contributed by atoms with Crippen LogP contribution in [0.4, 0.5) is 15.0 Å². The maximum Gasteiger partial charge on any atom is 0.508 e. The second-order valence-electron chi connectivity index (χ2n) is 7.22. The molecule has 31 heavy (non-hydrogen) atoms. The topological polar surface area (TPSA) is 141 Å². The van der Waals surface area contributed by atoms with Gasteiger partial charge in [0, 0.05) is 12.8 Å². The highest BCUT2D eigenvalue weighted by atomic mass is 19.1. The lowest BCUT2D eigenvalue weighted by Gasteiger charge is -2.28. The summed E-state index contributed by atoms with van der Waals surface area (Å²) in [6.07, 6.45) is 5.47. The van der Waals surface area contributed by atoms with Crippen LogP contribution in [0.1, 0.15) is 38.3 Å². The Labute approximate surface area is 176 Å². The van der Waals surface area contributed by atoms with Gasteiger partial charge < -0.3 is 24.7 Å². The van der Waals surface area contributed by atoms with Gasteiger partial charge in [-0.2, -0.15) is 14.4 Å². The summed E-state index contributed by atoms with van der Waals surface area (Å²) in [6, 6.07) is 0. The minimum Gasteiger partial charge on any atom is -0.458 e. The Kier molecular flexibility index (Phi) is 5.60. The Bertz CT molecular complexity index is 1050. The summed E-state index contributed by atoms with van der Waals surface area (Å²) in [7, 11) is 0. The number of rotatable bonds is 1. The van der Waals surface area contributed by atoms with E-state index in [2.05, 4.69) is 20.9 Å². The van der Waals surface area contributed by atoms with Crippen LogP contribution in [0, 0.1) is 18.4 Å². The first-order chi connectivity index (χ1) is 14.9. The molecule has 0 amide bonds. The van der Waals surface area contributed by atoms with Gasteiger partial charge in [-0.15, -0.1) is 6.42 Å². The molecule has 2 aliphatic heterocycles. The van der Waals surface area contributed by atoms with Crippen LogP contribution in [-0.4, -0.2) is 56.6 Å². The third-order valence-corrected chi connectivity index (χ3v) is 5.18. The lowest BCUT2D eigenvalue weighted by Crippen LogP contribution is -2.45. The summed E-state index contributed by atoms with van der Waals surface area (Å²) in [4.78, 5) is 35.5. The number of fused-ring (bicyclic) bond motifs is 2. The fraction of sp³-hybridized carbons (Fsp3) is 0.526. The van der Waals surface area contributed by atoms with Crippen LogP contribution < -0.4 is 5.73 Å². The minimum atomic E-state index is -1.58. The monoisotopic (exact) mass is 433 g/mol. The number of carbonyl (C=O) groups excluding carboxylic acids is 2. The van der Waals surface area contributed by atoms with Gasteiger partial charge in [-0.25, -0.2) is 9.78 Å². The number of terminal acetylenes is 1. The minimum absolute atomic E-state index is 0.0858. The van der Waals surface area contributed by atoms with E-state index in [0.29, 0.717) is 19.3 Å². The van der Waals surface area contributed by atoms with Gasteiger partial charge in [0.25, 0.3) is 0 Å². The molecule has 0 bridgehead atoms. The number of esters is 1. The Hall–Kier alpha value is -3.46. The predicted molar refractivity (Wildman–Crippen MR) is 102 cm³/mol. The van der Waals surface area contributed by atoms with Crippen molar-refractivity contribution in [2.45, 2.75) is 50.0 Å². The number of halogens is 1. The third-order valence-electron chi connectivity index (χ3n) is 5.18. The number of ether oxygens (including phenoxy) is 4. The quantitative estimate of drug-likeness (QED) is 0.399. The second-order valence-corrected chi connectivity index (χ2v) is 7.22. The van der Waals surface area contributed by atoms with Gasteiger partial charge in [-0.05, 0) is 19.3 Å². The van der Waals surface area contributed by atoms with Gasteiger partial charge in [-0.1, -0.05) is 5.92 Å². The lowest BCUT2D eigenvalue weighted by molar-refractivity contribution is -0.159. The van der Waals surface area contributed by atoms with Gasteiger partial charge in [0.05, 0.1) is 12.9 Å². The summed E-state index contributed by atoms with van der Waals surface area (Å²) < 4.78 is 36.9. The Morgan fingerprint density at radius 1 is 1.26 bits per heavy atom. The molecule has 0 aromatic carbocycles. The number of cyclic esters (lactones) is 2. The molecule has 4 rings (SSSR count). The van der Waals surface area contributed by atoms with Crippen LogP contribution in [0.5, 0.6) is 0 Å². The highest BCUT2D eigenvalue weighted by Crippen LogP contribution is 2.40. The predicted octanol–water partition coefficient (Wildman–Crippen LogP) is 1.48. The first kappa shape index (κ1) is 20.8. The largest absolute Gasteiger partial charge is 0.508 e. The molecule has 2 fully saturated rings. The van der Waals surface area contributed by atoms with Crippen molar-refractivity contribution in [2.75, 3.05) is 18.9 Å². The number of hydrogen-bond acceptors (Lipinski definition) is 10. The molecule has 0 unspecified atom stereocenters. The van der Waals surface area contributed by atoms with Crippen molar-refractivity contribution in [3.05, 3.63) is 12.4 Å².